The van der Waals surface area contributed by atoms with Gasteiger partial charge in [-0.2, -0.15) is 10.2 Å². The molecule has 24 heavy (non-hydrogen) atoms. The van der Waals surface area contributed by atoms with Crippen LogP contribution < -0.4 is 0 Å². The summed E-state index contributed by atoms with van der Waals surface area (Å²) in [4.78, 5) is 14.6. The summed E-state index contributed by atoms with van der Waals surface area (Å²) in [6.45, 7) is 5.30. The van der Waals surface area contributed by atoms with E-state index in [4.69, 9.17) is 0 Å². The summed E-state index contributed by atoms with van der Waals surface area (Å²) in [5.41, 5.74) is 5.86. The molecule has 0 unspecified atom stereocenters. The van der Waals surface area contributed by atoms with E-state index in [0.717, 1.165) is 29.1 Å². The quantitative estimate of drug-likeness (QED) is 0.788. The second-order valence-corrected chi connectivity index (χ2v) is 6.23. The smallest absolute Gasteiger partial charge is 0.274 e. The van der Waals surface area contributed by atoms with Crippen molar-refractivity contribution in [1.29, 1.82) is 0 Å². The van der Waals surface area contributed by atoms with Gasteiger partial charge in [-0.25, -0.2) is 4.68 Å². The molecule has 0 spiro atoms. The average molecular weight is 321 g/mol. The fourth-order valence-corrected chi connectivity index (χ4v) is 3.04. The highest BCUT2D eigenvalue weighted by molar-refractivity contribution is 5.92. The highest BCUT2D eigenvalue weighted by Crippen LogP contribution is 2.21. The van der Waals surface area contributed by atoms with E-state index in [-0.39, 0.29) is 5.91 Å². The van der Waals surface area contributed by atoms with Gasteiger partial charge in [-0.05, 0) is 32.0 Å². The van der Waals surface area contributed by atoms with Gasteiger partial charge in [-0.3, -0.25) is 9.89 Å². The van der Waals surface area contributed by atoms with Gasteiger partial charge < -0.3 is 4.90 Å². The Labute approximate surface area is 140 Å². The number of nitrogens with zero attached hydrogens (tertiary/aromatic N) is 4. The molecule has 122 valence electrons. The first kappa shape index (κ1) is 14.7. The van der Waals surface area contributed by atoms with E-state index in [1.807, 2.05) is 49.2 Å². The van der Waals surface area contributed by atoms with Crippen LogP contribution in [0.5, 0.6) is 0 Å². The zero-order valence-corrected chi connectivity index (χ0v) is 13.8. The number of carbonyl (C=O) groups is 1. The second kappa shape index (κ2) is 5.63. The molecule has 0 saturated carbocycles. The number of H-pyrrole nitrogens is 1. The molecular weight excluding hydrogens is 302 g/mol. The van der Waals surface area contributed by atoms with Crippen molar-refractivity contribution in [3.63, 3.8) is 0 Å². The van der Waals surface area contributed by atoms with E-state index in [9.17, 15) is 4.79 Å². The number of benzene rings is 1. The Balaban J connectivity index is 1.55. The molecule has 2 aromatic heterocycles. The Morgan fingerprint density at radius 2 is 1.96 bits per heavy atom. The number of aryl methyl sites for hydroxylation is 2. The van der Waals surface area contributed by atoms with Crippen LogP contribution in [-0.2, 0) is 13.0 Å². The van der Waals surface area contributed by atoms with Gasteiger partial charge in [0, 0.05) is 37.0 Å². The van der Waals surface area contributed by atoms with Crippen LogP contribution >= 0.6 is 0 Å². The maximum atomic E-state index is 12.8. The molecule has 0 radical (unpaired) electrons. The van der Waals surface area contributed by atoms with Crippen molar-refractivity contribution in [3.05, 3.63) is 64.7 Å². The monoisotopic (exact) mass is 321 g/mol. The molecule has 1 aromatic carbocycles. The van der Waals surface area contributed by atoms with Gasteiger partial charge in [0.05, 0.1) is 11.4 Å². The standard InChI is InChI=1S/C18H19N5O/c1-12-3-5-14(6-4-12)23-10-8-17(21-23)18(24)22-9-7-16-15(11-22)13(2)19-20-16/h3-6,8,10H,7,9,11H2,1-2H3,(H,19,20). The van der Waals surface area contributed by atoms with Crippen LogP contribution in [0, 0.1) is 13.8 Å². The van der Waals surface area contributed by atoms with Crippen molar-refractivity contribution in [2.45, 2.75) is 26.8 Å². The third-order valence-corrected chi connectivity index (χ3v) is 4.52. The number of carbonyl (C=O) groups excluding carboxylic acids is 1. The predicted molar refractivity (Wildman–Crippen MR) is 90.1 cm³/mol. The predicted octanol–water partition coefficient (Wildman–Crippen LogP) is 2.41. The van der Waals surface area contributed by atoms with E-state index < -0.39 is 0 Å². The van der Waals surface area contributed by atoms with Crippen molar-refractivity contribution < 1.29 is 4.79 Å². The fourth-order valence-electron chi connectivity index (χ4n) is 3.04. The zero-order valence-electron chi connectivity index (χ0n) is 13.8. The van der Waals surface area contributed by atoms with E-state index in [1.165, 1.54) is 5.56 Å². The topological polar surface area (TPSA) is 66.8 Å². The highest BCUT2D eigenvalue weighted by atomic mass is 16.2. The number of rotatable bonds is 2. The largest absolute Gasteiger partial charge is 0.332 e. The summed E-state index contributed by atoms with van der Waals surface area (Å²) in [5, 5.41) is 11.7. The lowest BCUT2D eigenvalue weighted by molar-refractivity contribution is 0.0727. The number of amides is 1. The molecule has 1 aliphatic heterocycles. The highest BCUT2D eigenvalue weighted by Gasteiger charge is 2.26. The van der Waals surface area contributed by atoms with Crippen LogP contribution in [0.2, 0.25) is 0 Å². The first-order valence-electron chi connectivity index (χ1n) is 8.06. The first-order chi connectivity index (χ1) is 11.6. The molecule has 1 amide bonds. The number of aromatic amines is 1. The maximum Gasteiger partial charge on any atom is 0.274 e. The van der Waals surface area contributed by atoms with Gasteiger partial charge in [0.15, 0.2) is 5.69 Å². The fraction of sp³-hybridized carbons (Fsp3) is 0.278. The molecule has 6 heteroatoms. The molecule has 0 aliphatic carbocycles. The Morgan fingerprint density at radius 3 is 2.75 bits per heavy atom. The molecule has 6 nitrogen and oxygen atoms in total. The lowest BCUT2D eigenvalue weighted by atomic mass is 10.1. The molecule has 0 saturated heterocycles. The van der Waals surface area contributed by atoms with Gasteiger partial charge in [0.25, 0.3) is 5.91 Å². The van der Waals surface area contributed by atoms with E-state index in [0.29, 0.717) is 18.8 Å². The first-order valence-corrected chi connectivity index (χ1v) is 8.06. The molecule has 0 atom stereocenters. The molecular formula is C18H19N5O. The van der Waals surface area contributed by atoms with Crippen LogP contribution in [0.3, 0.4) is 0 Å². The van der Waals surface area contributed by atoms with Gasteiger partial charge in [0.1, 0.15) is 0 Å². The summed E-state index contributed by atoms with van der Waals surface area (Å²) in [5.74, 6) is -0.0351. The van der Waals surface area contributed by atoms with Crippen LogP contribution in [0.25, 0.3) is 5.69 Å². The van der Waals surface area contributed by atoms with E-state index >= 15 is 0 Å². The van der Waals surface area contributed by atoms with E-state index in [1.54, 1.807) is 10.7 Å². The summed E-state index contributed by atoms with van der Waals surface area (Å²) in [6, 6.07) is 9.84. The minimum atomic E-state index is -0.0351. The van der Waals surface area contributed by atoms with E-state index in [2.05, 4.69) is 15.3 Å². The number of aromatic nitrogens is 4. The van der Waals surface area contributed by atoms with Crippen molar-refractivity contribution in [3.8, 4) is 5.69 Å². The number of nitrogens with one attached hydrogen (secondary N) is 1. The summed E-state index contributed by atoms with van der Waals surface area (Å²) >= 11 is 0. The van der Waals surface area contributed by atoms with Crippen LogP contribution in [-0.4, -0.2) is 37.3 Å². The Bertz CT molecular complexity index is 891. The van der Waals surface area contributed by atoms with Crippen molar-refractivity contribution in [2.24, 2.45) is 0 Å². The summed E-state index contributed by atoms with van der Waals surface area (Å²) in [6.07, 6.45) is 2.61. The van der Waals surface area contributed by atoms with Crippen LogP contribution in [0.15, 0.2) is 36.5 Å². The number of hydrogen-bond acceptors (Lipinski definition) is 3. The maximum absolute atomic E-state index is 12.8. The van der Waals surface area contributed by atoms with Gasteiger partial charge in [-0.1, -0.05) is 17.7 Å². The van der Waals surface area contributed by atoms with Crippen molar-refractivity contribution in [1.82, 2.24) is 24.9 Å². The Kier molecular flexibility index (Phi) is 3.45. The van der Waals surface area contributed by atoms with Crippen LogP contribution in [0.4, 0.5) is 0 Å². The third kappa shape index (κ3) is 2.50. The minimum absolute atomic E-state index is 0.0351. The van der Waals surface area contributed by atoms with Crippen molar-refractivity contribution >= 4 is 5.91 Å². The summed E-state index contributed by atoms with van der Waals surface area (Å²) < 4.78 is 1.74. The molecule has 1 aliphatic rings. The normalized spacial score (nSPS) is 13.8. The number of hydrogen-bond donors (Lipinski definition) is 1. The molecule has 4 rings (SSSR count). The molecule has 3 heterocycles. The molecule has 0 bridgehead atoms. The second-order valence-electron chi connectivity index (χ2n) is 6.23. The third-order valence-electron chi connectivity index (χ3n) is 4.52. The van der Waals surface area contributed by atoms with Gasteiger partial charge in [-0.15, -0.1) is 0 Å². The van der Waals surface area contributed by atoms with Crippen molar-refractivity contribution in [2.75, 3.05) is 6.54 Å². The molecule has 0 fully saturated rings. The summed E-state index contributed by atoms with van der Waals surface area (Å²) in [7, 11) is 0. The SMILES string of the molecule is Cc1ccc(-n2ccc(C(=O)N3CCc4n[nH]c(C)c4C3)n2)cc1. The van der Waals surface area contributed by atoms with Gasteiger partial charge >= 0.3 is 0 Å². The molecule has 1 N–H and O–H groups in total. The average Bonchev–Trinajstić information content (AvgIpc) is 3.22. The number of fused-ring (bicyclic) bond motifs is 1. The van der Waals surface area contributed by atoms with Crippen LogP contribution in [0.1, 0.15) is 33.0 Å². The minimum Gasteiger partial charge on any atom is -0.332 e. The zero-order chi connectivity index (χ0) is 16.7. The Hall–Kier alpha value is -2.89. The molecule has 3 aromatic rings. The lowest BCUT2D eigenvalue weighted by Crippen LogP contribution is -2.36. The Morgan fingerprint density at radius 1 is 1.17 bits per heavy atom. The lowest BCUT2D eigenvalue weighted by Gasteiger charge is -2.26. The van der Waals surface area contributed by atoms with Gasteiger partial charge in [0.2, 0.25) is 0 Å².